The molecule has 0 aromatic carbocycles. The van der Waals surface area contributed by atoms with E-state index in [0.29, 0.717) is 0 Å². The molecule has 0 unspecified atom stereocenters. The third-order valence-electron chi connectivity index (χ3n) is 1.20. The van der Waals surface area contributed by atoms with Crippen LogP contribution in [0.15, 0.2) is 0 Å². The molecule has 0 heterocycles. The summed E-state index contributed by atoms with van der Waals surface area (Å²) in [5, 5.41) is 0. The van der Waals surface area contributed by atoms with Crippen LogP contribution < -0.4 is 0 Å². The van der Waals surface area contributed by atoms with Gasteiger partial charge in [-0.15, -0.1) is 0 Å². The summed E-state index contributed by atoms with van der Waals surface area (Å²) >= 11 is 0. The van der Waals surface area contributed by atoms with Gasteiger partial charge in [0, 0.05) is 26.2 Å². The molecule has 0 radical (unpaired) electrons. The molecule has 0 N–H and O–H groups in total. The van der Waals surface area contributed by atoms with Gasteiger partial charge >= 0.3 is 0 Å². The van der Waals surface area contributed by atoms with Crippen molar-refractivity contribution in [3.05, 3.63) is 0 Å². The number of rotatable bonds is 4. The van der Waals surface area contributed by atoms with E-state index >= 15 is 0 Å². The van der Waals surface area contributed by atoms with Crippen molar-refractivity contribution < 1.29 is 35.8 Å². The molecule has 0 aliphatic rings. The Hall–Kier alpha value is 0.223. The minimum atomic E-state index is -0.0625. The van der Waals surface area contributed by atoms with Gasteiger partial charge in [-0.25, -0.2) is 0 Å². The molecule has 0 aromatic rings. The molecule has 0 bridgehead atoms. The molecule has 0 fully saturated rings. The second kappa shape index (κ2) is 14.7. The first kappa shape index (κ1) is 18.9. The predicted molar refractivity (Wildman–Crippen MR) is 51.2 cm³/mol. The number of carbonyl (C=O) groups is 2. The van der Waals surface area contributed by atoms with Gasteiger partial charge in [-0.3, -0.25) is 9.59 Å². The van der Waals surface area contributed by atoms with Crippen molar-refractivity contribution in [1.29, 1.82) is 0 Å². The van der Waals surface area contributed by atoms with Crippen LogP contribution in [-0.2, 0) is 35.8 Å². The van der Waals surface area contributed by atoms with Gasteiger partial charge in [0.15, 0.2) is 0 Å². The van der Waals surface area contributed by atoms with Gasteiger partial charge in [0.2, 0.25) is 0 Å². The first-order valence-electron chi connectivity index (χ1n) is 4.53. The number of hydrogen-bond acceptors (Lipinski definition) is 2. The summed E-state index contributed by atoms with van der Waals surface area (Å²) in [7, 11) is 0. The zero-order chi connectivity index (χ0) is 9.98. The first-order chi connectivity index (χ1) is 5.54. The molecule has 2 nitrogen and oxygen atoms in total. The normalized spacial score (nSPS) is 7.69. The zero-order valence-corrected chi connectivity index (χ0v) is 11.6. The molecule has 0 saturated carbocycles. The van der Waals surface area contributed by atoms with Crippen LogP contribution in [0.5, 0.6) is 0 Å². The number of ketones is 2. The molecular formula is C10H20O2Zr. The number of Topliss-reactive ketones (excluding diaryl/α,β-unsaturated/α-hetero) is 2. The summed E-state index contributed by atoms with van der Waals surface area (Å²) in [6.45, 7) is 7.23. The van der Waals surface area contributed by atoms with E-state index in [1.54, 1.807) is 0 Å². The van der Waals surface area contributed by atoms with Crippen LogP contribution in [-0.4, -0.2) is 11.6 Å². The van der Waals surface area contributed by atoms with E-state index in [4.69, 9.17) is 0 Å². The van der Waals surface area contributed by atoms with Crippen molar-refractivity contribution in [1.82, 2.24) is 0 Å². The Labute approximate surface area is 101 Å². The molecular weight excluding hydrogens is 243 g/mol. The SMILES string of the molecule is CC(=O)CC(C)=O.CCCCC.[Zr]. The Morgan fingerprint density at radius 1 is 0.923 bits per heavy atom. The van der Waals surface area contributed by atoms with Crippen LogP contribution in [0.4, 0.5) is 0 Å². The van der Waals surface area contributed by atoms with E-state index in [-0.39, 0.29) is 44.2 Å². The van der Waals surface area contributed by atoms with Crippen molar-refractivity contribution in [3.63, 3.8) is 0 Å². The molecule has 0 amide bonds. The number of carbonyl (C=O) groups excluding carboxylic acids is 2. The largest absolute Gasteiger partial charge is 0.300 e. The van der Waals surface area contributed by atoms with Gasteiger partial charge in [-0.1, -0.05) is 33.1 Å². The van der Waals surface area contributed by atoms with Crippen LogP contribution in [0.25, 0.3) is 0 Å². The fourth-order valence-electron chi connectivity index (χ4n) is 0.704. The predicted octanol–water partition coefficient (Wildman–Crippen LogP) is 2.75. The van der Waals surface area contributed by atoms with Crippen LogP contribution in [0.2, 0.25) is 0 Å². The van der Waals surface area contributed by atoms with Crippen LogP contribution >= 0.6 is 0 Å². The maximum Gasteiger partial charge on any atom is 0.137 e. The molecule has 0 rings (SSSR count). The second-order valence-electron chi connectivity index (χ2n) is 2.93. The monoisotopic (exact) mass is 262 g/mol. The molecule has 0 aliphatic heterocycles. The molecule has 76 valence electrons. The number of unbranched alkanes of at least 4 members (excludes halogenated alkanes) is 2. The van der Waals surface area contributed by atoms with Crippen molar-refractivity contribution in [2.45, 2.75) is 53.4 Å². The molecule has 0 atom stereocenters. The number of hydrogen-bond donors (Lipinski definition) is 0. The fourth-order valence-corrected chi connectivity index (χ4v) is 0.704. The van der Waals surface area contributed by atoms with Crippen LogP contribution in [0.1, 0.15) is 53.4 Å². The Balaban J connectivity index is -0.000000150. The maximum atomic E-state index is 10.0. The molecule has 0 aromatic heterocycles. The Kier molecular flexibility index (Phi) is 21.4. The molecule has 3 heteroatoms. The topological polar surface area (TPSA) is 34.1 Å². The van der Waals surface area contributed by atoms with Gasteiger partial charge in [0.1, 0.15) is 11.6 Å². The third kappa shape index (κ3) is 33.0. The maximum absolute atomic E-state index is 10.0. The minimum Gasteiger partial charge on any atom is -0.300 e. The van der Waals surface area contributed by atoms with Gasteiger partial charge in [-0.2, -0.15) is 0 Å². The van der Waals surface area contributed by atoms with Gasteiger partial charge in [0.25, 0.3) is 0 Å². The molecule has 0 saturated heterocycles. The Morgan fingerprint density at radius 2 is 1.23 bits per heavy atom. The summed E-state index contributed by atoms with van der Waals surface area (Å²) < 4.78 is 0. The van der Waals surface area contributed by atoms with Crippen LogP contribution in [0.3, 0.4) is 0 Å². The summed E-state index contributed by atoms with van der Waals surface area (Å²) in [4.78, 5) is 20.1. The molecule has 0 aliphatic carbocycles. The summed E-state index contributed by atoms with van der Waals surface area (Å²) in [6, 6.07) is 0. The van der Waals surface area contributed by atoms with Gasteiger partial charge in [0.05, 0.1) is 6.42 Å². The summed E-state index contributed by atoms with van der Waals surface area (Å²) in [5.41, 5.74) is 0. The average molecular weight is 263 g/mol. The zero-order valence-electron chi connectivity index (χ0n) is 9.14. The van der Waals surface area contributed by atoms with Gasteiger partial charge in [-0.05, 0) is 13.8 Å². The fraction of sp³-hybridized carbons (Fsp3) is 0.800. The van der Waals surface area contributed by atoms with E-state index in [1.165, 1.54) is 33.1 Å². The Bertz CT molecular complexity index is 119. The first-order valence-corrected chi connectivity index (χ1v) is 4.53. The average Bonchev–Trinajstić information content (AvgIpc) is 1.87. The third-order valence-corrected chi connectivity index (χ3v) is 1.20. The van der Waals surface area contributed by atoms with E-state index in [0.717, 1.165) is 0 Å². The second-order valence-corrected chi connectivity index (χ2v) is 2.93. The van der Waals surface area contributed by atoms with E-state index in [1.807, 2.05) is 0 Å². The van der Waals surface area contributed by atoms with Crippen molar-refractivity contribution in [3.8, 4) is 0 Å². The molecule has 13 heavy (non-hydrogen) atoms. The summed E-state index contributed by atoms with van der Waals surface area (Å²) in [6.07, 6.45) is 4.16. The van der Waals surface area contributed by atoms with Crippen molar-refractivity contribution in [2.75, 3.05) is 0 Å². The van der Waals surface area contributed by atoms with E-state index in [9.17, 15) is 9.59 Å². The van der Waals surface area contributed by atoms with E-state index in [2.05, 4.69) is 13.8 Å². The minimum absolute atomic E-state index is 0. The van der Waals surface area contributed by atoms with Crippen molar-refractivity contribution >= 4 is 11.6 Å². The summed E-state index contributed by atoms with van der Waals surface area (Å²) in [5.74, 6) is -0.125. The van der Waals surface area contributed by atoms with Crippen LogP contribution in [0, 0.1) is 0 Å². The van der Waals surface area contributed by atoms with Crippen molar-refractivity contribution in [2.24, 2.45) is 0 Å². The van der Waals surface area contributed by atoms with E-state index < -0.39 is 0 Å². The quantitative estimate of drug-likeness (QED) is 0.731. The standard InChI is InChI=1S/C5H8O2.C5H12.Zr/c1-4(6)3-5(2)7;1-3-5-4-2;/h3H2,1-2H3;3-5H2,1-2H3;. The smallest absolute Gasteiger partial charge is 0.137 e. The van der Waals surface area contributed by atoms with Gasteiger partial charge < -0.3 is 0 Å². The Morgan fingerprint density at radius 3 is 1.23 bits per heavy atom. The molecule has 0 spiro atoms.